The summed E-state index contributed by atoms with van der Waals surface area (Å²) in [6, 6.07) is 10.6. The van der Waals surface area contributed by atoms with Gasteiger partial charge in [0.1, 0.15) is 0 Å². The number of anilines is 3. The van der Waals surface area contributed by atoms with E-state index in [9.17, 15) is 4.79 Å². The molecule has 1 aliphatic rings. The summed E-state index contributed by atoms with van der Waals surface area (Å²) in [6.07, 6.45) is 7.22. The highest BCUT2D eigenvalue weighted by Crippen LogP contribution is 2.24. The molecule has 5 aromatic rings. The van der Waals surface area contributed by atoms with Gasteiger partial charge in [-0.1, -0.05) is 17.7 Å². The van der Waals surface area contributed by atoms with Gasteiger partial charge in [0, 0.05) is 22.5 Å². The standard InChI is InChI=1S/C26H27ClN12O/c1-15(25-36-35-22-6-5-21(37-39(22)25)33-18-4-2-3-17(27)11-18)32-26(40)23-24(28)30-13-20(34-23)16-12-31-38(14-16)19-7-9-29-10-8-19/h2-6,11-15,19,29H,7-10H2,1H3,(H2,28,30)(H,32,40)(H,33,37)/t15-/m1/s1. The molecule has 6 rings (SSSR count). The lowest BCUT2D eigenvalue weighted by Gasteiger charge is -2.22. The molecule has 1 atom stereocenters. The molecular formula is C26H27ClN12O. The highest BCUT2D eigenvalue weighted by molar-refractivity contribution is 6.30. The number of nitrogens with one attached hydrogen (secondary N) is 3. The van der Waals surface area contributed by atoms with Crippen LogP contribution in [0.5, 0.6) is 0 Å². The number of carbonyl (C=O) groups is 1. The minimum absolute atomic E-state index is 0.0176. The Bertz CT molecular complexity index is 1680. The smallest absolute Gasteiger partial charge is 0.274 e. The molecule has 204 valence electrons. The summed E-state index contributed by atoms with van der Waals surface area (Å²) in [4.78, 5) is 22.0. The molecule has 0 unspecified atom stereocenters. The second-order valence-electron chi connectivity index (χ2n) is 9.56. The molecule has 0 aliphatic carbocycles. The first kappa shape index (κ1) is 25.6. The molecule has 5 N–H and O–H groups in total. The summed E-state index contributed by atoms with van der Waals surface area (Å²) in [6.45, 7) is 3.70. The quantitative estimate of drug-likeness (QED) is 0.233. The fraction of sp³-hybridized carbons (Fsp3) is 0.269. The Morgan fingerprint density at radius 1 is 1.18 bits per heavy atom. The van der Waals surface area contributed by atoms with Crippen molar-refractivity contribution in [2.75, 3.05) is 24.1 Å². The Kier molecular flexibility index (Phi) is 6.97. The number of nitrogens with zero attached hydrogens (tertiary/aromatic N) is 8. The predicted molar refractivity (Wildman–Crippen MR) is 150 cm³/mol. The van der Waals surface area contributed by atoms with E-state index in [1.54, 1.807) is 48.1 Å². The van der Waals surface area contributed by atoms with Crippen LogP contribution in [0.4, 0.5) is 17.3 Å². The first-order valence-electron chi connectivity index (χ1n) is 12.9. The van der Waals surface area contributed by atoms with Gasteiger partial charge < -0.3 is 21.7 Å². The molecule has 13 nitrogen and oxygen atoms in total. The lowest BCUT2D eigenvalue weighted by atomic mass is 10.1. The van der Waals surface area contributed by atoms with Gasteiger partial charge in [-0.25, -0.2) is 9.97 Å². The number of carbonyl (C=O) groups excluding carboxylic acids is 1. The van der Waals surface area contributed by atoms with E-state index in [1.807, 2.05) is 23.0 Å². The average molecular weight is 559 g/mol. The average Bonchev–Trinajstić information content (AvgIpc) is 3.62. The second-order valence-corrected chi connectivity index (χ2v) is 9.99. The summed E-state index contributed by atoms with van der Waals surface area (Å²) in [7, 11) is 0. The summed E-state index contributed by atoms with van der Waals surface area (Å²) < 4.78 is 3.52. The minimum Gasteiger partial charge on any atom is -0.382 e. The zero-order valence-electron chi connectivity index (χ0n) is 21.6. The fourth-order valence-corrected chi connectivity index (χ4v) is 4.82. The summed E-state index contributed by atoms with van der Waals surface area (Å²) in [5, 5.41) is 27.6. The van der Waals surface area contributed by atoms with Crippen molar-refractivity contribution in [3.05, 3.63) is 71.5 Å². The van der Waals surface area contributed by atoms with E-state index in [2.05, 4.69) is 46.3 Å². The van der Waals surface area contributed by atoms with Crippen molar-refractivity contribution in [2.24, 2.45) is 0 Å². The Hall–Kier alpha value is -4.62. The molecule has 1 fully saturated rings. The summed E-state index contributed by atoms with van der Waals surface area (Å²) >= 11 is 6.09. The molecule has 1 aliphatic heterocycles. The number of halogens is 1. The van der Waals surface area contributed by atoms with Crippen molar-refractivity contribution in [1.82, 2.24) is 50.2 Å². The molecule has 40 heavy (non-hydrogen) atoms. The van der Waals surface area contributed by atoms with Crippen molar-refractivity contribution in [2.45, 2.75) is 31.8 Å². The fourth-order valence-electron chi connectivity index (χ4n) is 4.63. The van der Waals surface area contributed by atoms with Gasteiger partial charge in [-0.3, -0.25) is 9.48 Å². The van der Waals surface area contributed by atoms with E-state index in [0.29, 0.717) is 34.0 Å². The molecule has 4 aromatic heterocycles. The lowest BCUT2D eigenvalue weighted by molar-refractivity contribution is 0.0933. The number of amides is 1. The van der Waals surface area contributed by atoms with Crippen LogP contribution < -0.4 is 21.7 Å². The number of piperidine rings is 1. The highest BCUT2D eigenvalue weighted by atomic mass is 35.5. The molecule has 0 spiro atoms. The van der Waals surface area contributed by atoms with E-state index in [-0.39, 0.29) is 11.5 Å². The first-order valence-corrected chi connectivity index (χ1v) is 13.3. The van der Waals surface area contributed by atoms with Gasteiger partial charge in [0.2, 0.25) is 0 Å². The Balaban J connectivity index is 1.20. The SMILES string of the molecule is C[C@@H](NC(=O)c1nc(-c2cnn(C3CCNCC3)c2)cnc1N)c1nnc2ccc(Nc3cccc(Cl)c3)nn12. The topological polar surface area (TPSA) is 166 Å². The normalized spacial score (nSPS) is 14.8. The van der Waals surface area contributed by atoms with E-state index in [1.165, 1.54) is 0 Å². The maximum atomic E-state index is 13.3. The van der Waals surface area contributed by atoms with Crippen LogP contribution in [0.2, 0.25) is 5.02 Å². The molecule has 1 amide bonds. The van der Waals surface area contributed by atoms with Crippen LogP contribution in [0.1, 0.15) is 48.2 Å². The van der Waals surface area contributed by atoms with Crippen molar-refractivity contribution in [3.63, 3.8) is 0 Å². The van der Waals surface area contributed by atoms with Gasteiger partial charge in [-0.15, -0.1) is 15.3 Å². The molecule has 0 bridgehead atoms. The van der Waals surface area contributed by atoms with Crippen LogP contribution in [0, 0.1) is 0 Å². The summed E-state index contributed by atoms with van der Waals surface area (Å²) in [5.41, 5.74) is 8.66. The number of nitrogen functional groups attached to an aromatic ring is 1. The van der Waals surface area contributed by atoms with Crippen molar-refractivity contribution < 1.29 is 4.79 Å². The number of benzene rings is 1. The van der Waals surface area contributed by atoms with Crippen LogP contribution in [-0.4, -0.2) is 58.6 Å². The third-order valence-corrected chi connectivity index (χ3v) is 6.95. The van der Waals surface area contributed by atoms with Crippen LogP contribution in [0.25, 0.3) is 16.9 Å². The van der Waals surface area contributed by atoms with Gasteiger partial charge in [0.15, 0.2) is 28.8 Å². The van der Waals surface area contributed by atoms with Gasteiger partial charge in [0.25, 0.3) is 5.91 Å². The first-order chi connectivity index (χ1) is 19.4. The molecule has 14 heteroatoms. The van der Waals surface area contributed by atoms with Gasteiger partial charge in [-0.2, -0.15) is 9.61 Å². The number of nitrogens with two attached hydrogens (primary N) is 1. The Labute approximate surface area is 234 Å². The monoisotopic (exact) mass is 558 g/mol. The maximum absolute atomic E-state index is 13.3. The van der Waals surface area contributed by atoms with Crippen LogP contribution >= 0.6 is 11.6 Å². The van der Waals surface area contributed by atoms with Crippen molar-refractivity contribution in [3.8, 4) is 11.3 Å². The number of rotatable bonds is 7. The van der Waals surface area contributed by atoms with E-state index < -0.39 is 11.9 Å². The third kappa shape index (κ3) is 5.28. The molecule has 1 aromatic carbocycles. The Morgan fingerprint density at radius 2 is 2.02 bits per heavy atom. The predicted octanol–water partition coefficient (Wildman–Crippen LogP) is 3.17. The Morgan fingerprint density at radius 3 is 2.85 bits per heavy atom. The molecule has 0 saturated carbocycles. The van der Waals surface area contributed by atoms with Gasteiger partial charge in [0.05, 0.1) is 30.2 Å². The van der Waals surface area contributed by atoms with Crippen LogP contribution in [0.15, 0.2) is 55.0 Å². The second kappa shape index (κ2) is 10.9. The van der Waals surface area contributed by atoms with Gasteiger partial charge in [-0.05, 0) is 63.2 Å². The third-order valence-electron chi connectivity index (χ3n) is 6.71. The van der Waals surface area contributed by atoms with E-state index in [4.69, 9.17) is 17.3 Å². The summed E-state index contributed by atoms with van der Waals surface area (Å²) in [5.74, 6) is 0.526. The van der Waals surface area contributed by atoms with Crippen LogP contribution in [0.3, 0.4) is 0 Å². The van der Waals surface area contributed by atoms with Gasteiger partial charge >= 0.3 is 0 Å². The number of hydrogen-bond donors (Lipinski definition) is 4. The zero-order chi connectivity index (χ0) is 27.6. The number of hydrogen-bond acceptors (Lipinski definition) is 10. The number of aromatic nitrogens is 8. The van der Waals surface area contributed by atoms with Crippen molar-refractivity contribution in [1.29, 1.82) is 0 Å². The molecule has 5 heterocycles. The molecule has 0 radical (unpaired) electrons. The van der Waals surface area contributed by atoms with Crippen LogP contribution in [-0.2, 0) is 0 Å². The van der Waals surface area contributed by atoms with E-state index in [0.717, 1.165) is 37.2 Å². The van der Waals surface area contributed by atoms with Crippen molar-refractivity contribution >= 4 is 40.5 Å². The lowest BCUT2D eigenvalue weighted by Crippen LogP contribution is -2.30. The minimum atomic E-state index is -0.566. The van der Waals surface area contributed by atoms with E-state index >= 15 is 0 Å². The molecular weight excluding hydrogens is 532 g/mol. The number of fused-ring (bicyclic) bond motifs is 1. The maximum Gasteiger partial charge on any atom is 0.274 e. The molecule has 1 saturated heterocycles. The zero-order valence-corrected chi connectivity index (χ0v) is 22.4. The highest BCUT2D eigenvalue weighted by Gasteiger charge is 2.22. The largest absolute Gasteiger partial charge is 0.382 e.